The summed E-state index contributed by atoms with van der Waals surface area (Å²) >= 11 is 5.77. The summed E-state index contributed by atoms with van der Waals surface area (Å²) in [7, 11) is 0. The van der Waals surface area contributed by atoms with E-state index in [9.17, 15) is 4.39 Å². The van der Waals surface area contributed by atoms with Crippen LogP contribution in [0.4, 0.5) is 4.39 Å². The second-order valence-electron chi connectivity index (χ2n) is 3.02. The maximum atomic E-state index is 13.0. The zero-order chi connectivity index (χ0) is 9.42. The molecule has 0 fully saturated rings. The highest BCUT2D eigenvalue weighted by Crippen LogP contribution is 2.37. The average Bonchev–Trinajstić information content (AvgIpc) is 2.12. The number of halogens is 2. The predicted octanol–water partition coefficient (Wildman–Crippen LogP) is 2.26. The molecular formula is C9H9ClFNO. The predicted molar refractivity (Wildman–Crippen MR) is 48.5 cm³/mol. The zero-order valence-electron chi connectivity index (χ0n) is 6.89. The first-order chi connectivity index (χ1) is 6.20. The fourth-order valence-corrected chi connectivity index (χ4v) is 1.76. The van der Waals surface area contributed by atoms with Crippen molar-refractivity contribution in [3.63, 3.8) is 0 Å². The molecule has 13 heavy (non-hydrogen) atoms. The molecular weight excluding hydrogens is 193 g/mol. The van der Waals surface area contributed by atoms with Gasteiger partial charge in [0.1, 0.15) is 11.6 Å². The van der Waals surface area contributed by atoms with Crippen LogP contribution in [0.1, 0.15) is 18.0 Å². The molecule has 0 amide bonds. The number of rotatable bonds is 0. The number of fused-ring (bicyclic) bond motifs is 1. The van der Waals surface area contributed by atoms with Crippen LogP contribution in [0.5, 0.6) is 5.75 Å². The Hall–Kier alpha value is -0.800. The minimum Gasteiger partial charge on any atom is -0.493 e. The van der Waals surface area contributed by atoms with Gasteiger partial charge in [-0.3, -0.25) is 0 Å². The van der Waals surface area contributed by atoms with Crippen molar-refractivity contribution < 1.29 is 9.13 Å². The normalized spacial score (nSPS) is 20.7. The minimum absolute atomic E-state index is 0.0877. The van der Waals surface area contributed by atoms with Gasteiger partial charge in [0.25, 0.3) is 0 Å². The van der Waals surface area contributed by atoms with Gasteiger partial charge in [-0.1, -0.05) is 11.6 Å². The summed E-state index contributed by atoms with van der Waals surface area (Å²) in [5.74, 6) is 0.159. The van der Waals surface area contributed by atoms with Gasteiger partial charge in [-0.05, 0) is 12.1 Å². The topological polar surface area (TPSA) is 35.2 Å². The number of nitrogens with two attached hydrogens (primary N) is 1. The molecule has 2 N–H and O–H groups in total. The lowest BCUT2D eigenvalue weighted by atomic mass is 10.0. The molecule has 0 bridgehead atoms. The van der Waals surface area contributed by atoms with E-state index in [0.29, 0.717) is 24.3 Å². The summed E-state index contributed by atoms with van der Waals surface area (Å²) in [6, 6.07) is 2.64. The first-order valence-electron chi connectivity index (χ1n) is 4.06. The van der Waals surface area contributed by atoms with Crippen LogP contribution >= 0.6 is 11.6 Å². The van der Waals surface area contributed by atoms with Crippen molar-refractivity contribution in [2.45, 2.75) is 12.5 Å². The summed E-state index contributed by atoms with van der Waals surface area (Å²) in [5, 5.41) is 0.0877. The second kappa shape index (κ2) is 3.16. The Morgan fingerprint density at radius 2 is 2.31 bits per heavy atom. The Labute approximate surface area is 80.4 Å². The van der Waals surface area contributed by atoms with Crippen LogP contribution in [0.3, 0.4) is 0 Å². The average molecular weight is 202 g/mol. The third kappa shape index (κ3) is 1.38. The van der Waals surface area contributed by atoms with Crippen molar-refractivity contribution >= 4 is 11.6 Å². The molecule has 1 heterocycles. The van der Waals surface area contributed by atoms with Crippen LogP contribution in [-0.2, 0) is 0 Å². The first kappa shape index (κ1) is 8.78. The van der Waals surface area contributed by atoms with E-state index in [1.807, 2.05) is 0 Å². The van der Waals surface area contributed by atoms with Crippen LogP contribution in [0.25, 0.3) is 0 Å². The van der Waals surface area contributed by atoms with Gasteiger partial charge >= 0.3 is 0 Å². The third-order valence-corrected chi connectivity index (χ3v) is 2.53. The summed E-state index contributed by atoms with van der Waals surface area (Å²) < 4.78 is 18.3. The smallest absolute Gasteiger partial charge is 0.142 e. The molecule has 0 spiro atoms. The van der Waals surface area contributed by atoms with E-state index in [1.165, 1.54) is 6.07 Å². The fraction of sp³-hybridized carbons (Fsp3) is 0.333. The van der Waals surface area contributed by atoms with Crippen LogP contribution < -0.4 is 10.5 Å². The van der Waals surface area contributed by atoms with E-state index in [1.54, 1.807) is 6.07 Å². The van der Waals surface area contributed by atoms with Gasteiger partial charge in [0.2, 0.25) is 0 Å². The van der Waals surface area contributed by atoms with Crippen molar-refractivity contribution in [1.82, 2.24) is 0 Å². The van der Waals surface area contributed by atoms with Crippen LogP contribution in [0.2, 0.25) is 5.02 Å². The molecule has 4 heteroatoms. The molecule has 1 aliphatic heterocycles. The van der Waals surface area contributed by atoms with Gasteiger partial charge in [-0.2, -0.15) is 0 Å². The lowest BCUT2D eigenvalue weighted by molar-refractivity contribution is 0.268. The molecule has 2 nitrogen and oxygen atoms in total. The van der Waals surface area contributed by atoms with Crippen LogP contribution in [0.15, 0.2) is 12.1 Å². The maximum absolute atomic E-state index is 13.0. The molecule has 2 rings (SSSR count). The molecule has 0 aliphatic carbocycles. The lowest BCUT2D eigenvalue weighted by Crippen LogP contribution is -2.21. The summed E-state index contributed by atoms with van der Waals surface area (Å²) in [4.78, 5) is 0. The largest absolute Gasteiger partial charge is 0.493 e. The summed E-state index contributed by atoms with van der Waals surface area (Å²) in [5.41, 5.74) is 6.38. The van der Waals surface area contributed by atoms with Gasteiger partial charge in [0, 0.05) is 18.0 Å². The molecule has 1 aromatic rings. The quantitative estimate of drug-likeness (QED) is 0.699. The van der Waals surface area contributed by atoms with E-state index in [2.05, 4.69) is 0 Å². The standard InChI is InChI=1S/C9H9ClFNO/c10-9-5(11)1-2-7-8(9)6(12)3-4-13-7/h1-2,6H,3-4,12H2/t6-/m1/s1. The number of benzene rings is 1. The van der Waals surface area contributed by atoms with Gasteiger partial charge in [0.05, 0.1) is 11.6 Å². The van der Waals surface area contributed by atoms with Crippen LogP contribution in [0, 0.1) is 5.82 Å². The van der Waals surface area contributed by atoms with Crippen molar-refractivity contribution in [2.75, 3.05) is 6.61 Å². The van der Waals surface area contributed by atoms with E-state index < -0.39 is 5.82 Å². The number of hydrogen-bond acceptors (Lipinski definition) is 2. The van der Waals surface area contributed by atoms with Crippen molar-refractivity contribution in [3.05, 3.63) is 28.5 Å². The molecule has 0 radical (unpaired) electrons. The molecule has 0 unspecified atom stereocenters. The van der Waals surface area contributed by atoms with Crippen LogP contribution in [-0.4, -0.2) is 6.61 Å². The highest BCUT2D eigenvalue weighted by Gasteiger charge is 2.22. The number of ether oxygens (including phenoxy) is 1. The Morgan fingerprint density at radius 1 is 1.54 bits per heavy atom. The van der Waals surface area contributed by atoms with E-state index >= 15 is 0 Å². The van der Waals surface area contributed by atoms with Gasteiger partial charge in [-0.25, -0.2) is 4.39 Å². The Morgan fingerprint density at radius 3 is 3.08 bits per heavy atom. The number of hydrogen-bond donors (Lipinski definition) is 1. The summed E-state index contributed by atoms with van der Waals surface area (Å²) in [6.07, 6.45) is 0.677. The highest BCUT2D eigenvalue weighted by atomic mass is 35.5. The fourth-order valence-electron chi connectivity index (χ4n) is 1.46. The van der Waals surface area contributed by atoms with Gasteiger partial charge in [0.15, 0.2) is 0 Å². The zero-order valence-corrected chi connectivity index (χ0v) is 7.64. The first-order valence-corrected chi connectivity index (χ1v) is 4.44. The van der Waals surface area contributed by atoms with Gasteiger partial charge < -0.3 is 10.5 Å². The van der Waals surface area contributed by atoms with Crippen molar-refractivity contribution in [1.29, 1.82) is 0 Å². The monoisotopic (exact) mass is 201 g/mol. The lowest BCUT2D eigenvalue weighted by Gasteiger charge is -2.23. The Bertz CT molecular complexity index is 343. The molecule has 0 aromatic heterocycles. The second-order valence-corrected chi connectivity index (χ2v) is 3.39. The van der Waals surface area contributed by atoms with E-state index in [4.69, 9.17) is 22.1 Å². The van der Waals surface area contributed by atoms with E-state index in [-0.39, 0.29) is 11.1 Å². The molecule has 1 aliphatic rings. The molecule has 70 valence electrons. The highest BCUT2D eigenvalue weighted by molar-refractivity contribution is 6.31. The van der Waals surface area contributed by atoms with Crippen molar-refractivity contribution in [2.24, 2.45) is 5.73 Å². The van der Waals surface area contributed by atoms with E-state index in [0.717, 1.165) is 0 Å². The van der Waals surface area contributed by atoms with Crippen molar-refractivity contribution in [3.8, 4) is 5.75 Å². The summed E-state index contributed by atoms with van der Waals surface area (Å²) in [6.45, 7) is 0.566. The Balaban J connectivity index is 2.58. The SMILES string of the molecule is N[C@@H]1CCOc2ccc(F)c(Cl)c21. The molecule has 0 saturated carbocycles. The molecule has 0 saturated heterocycles. The molecule has 1 atom stereocenters. The van der Waals surface area contributed by atoms with Gasteiger partial charge in [-0.15, -0.1) is 0 Å². The third-order valence-electron chi connectivity index (χ3n) is 2.15. The maximum Gasteiger partial charge on any atom is 0.142 e. The molecule has 1 aromatic carbocycles. The Kier molecular flexibility index (Phi) is 2.14. The minimum atomic E-state index is -0.443.